The van der Waals surface area contributed by atoms with Crippen LogP contribution in [-0.4, -0.2) is 119 Å². The van der Waals surface area contributed by atoms with Gasteiger partial charge in [-0.1, -0.05) is 24.4 Å². The Morgan fingerprint density at radius 1 is 0.948 bits per heavy atom. The van der Waals surface area contributed by atoms with Crippen molar-refractivity contribution in [1.82, 2.24) is 47.2 Å². The van der Waals surface area contributed by atoms with Crippen molar-refractivity contribution in [1.29, 1.82) is 0 Å². The van der Waals surface area contributed by atoms with Gasteiger partial charge in [0.05, 0.1) is 17.9 Å². The second kappa shape index (κ2) is 26.3. The first-order chi connectivity index (χ1) is 27.9. The summed E-state index contributed by atoms with van der Waals surface area (Å²) in [6, 6.07) is 2.04. The van der Waals surface area contributed by atoms with Crippen LogP contribution in [0.5, 0.6) is 5.75 Å². The number of nitrogens with zero attached hydrogens (tertiary/aromatic N) is 1. The largest absolute Gasteiger partial charge is 0.494 e. The van der Waals surface area contributed by atoms with Crippen molar-refractivity contribution in [3.05, 3.63) is 48.0 Å². The molecule has 2 aliphatic heterocycles. The van der Waals surface area contributed by atoms with E-state index in [-0.39, 0.29) is 31.6 Å². The first kappa shape index (κ1) is 47.6. The van der Waals surface area contributed by atoms with Crippen LogP contribution >= 0.6 is 24.0 Å². The minimum absolute atomic E-state index is 0.0892. The topological polar surface area (TPSA) is 251 Å². The maximum atomic E-state index is 14.3. The van der Waals surface area contributed by atoms with E-state index in [4.69, 9.17) is 22.7 Å². The van der Waals surface area contributed by atoms with Gasteiger partial charge in [0.2, 0.25) is 35.4 Å². The SMILES string of the molecule is CSCC[C@@H]1NC(=O)[C@@H](NC(=O)[C@H](CCCCNC(C)=S)NC(=O)[C@H](CCCCN)NC(=O)[C@H](Cc2cnc[nH]2)NC(C)=O)Cc2ccc(cc2)OCCCNC1=O. The van der Waals surface area contributed by atoms with E-state index in [0.717, 1.165) is 5.56 Å². The number of nitrogens with one attached hydrogen (secondary N) is 8. The standard InChI is InChI=1S/C39H60N10O7S2/c1-25(50)45-34(22-28-23-41-24-44-28)39(55)47-30(9-4-6-16-40)36(52)46-31(10-5-7-17-42-26(2)57)37(53)49-33-21-27-11-13-29(14-12-27)56-19-8-18-43-35(51)32(15-20-58-3)48-38(33)54/h11-14,23-24,30-34H,4-10,15-22,40H2,1-3H3,(H,41,44)(H,42,57)(H,43,51)(H,45,50)(H,46,52)(H,47,55)(H,48,54)(H,49,53)/t30-,31-,32-,33-,34-/m0/s1. The Bertz CT molecular complexity index is 1630. The summed E-state index contributed by atoms with van der Waals surface area (Å²) >= 11 is 6.67. The highest BCUT2D eigenvalue weighted by Gasteiger charge is 2.32. The Balaban J connectivity index is 1.89. The van der Waals surface area contributed by atoms with Gasteiger partial charge in [0.25, 0.3) is 0 Å². The molecule has 1 aromatic carbocycles. The number of carbonyl (C=O) groups excluding carboxylic acids is 6. The number of H-pyrrole nitrogens is 1. The third-order valence-electron chi connectivity index (χ3n) is 9.31. The third kappa shape index (κ3) is 17.8. The zero-order valence-corrected chi connectivity index (χ0v) is 35.3. The molecular weight excluding hydrogens is 785 g/mol. The van der Waals surface area contributed by atoms with Gasteiger partial charge < -0.3 is 52.7 Å². The average Bonchev–Trinajstić information content (AvgIpc) is 3.70. The Kier molecular flexibility index (Phi) is 21.6. The smallest absolute Gasteiger partial charge is 0.243 e. The second-order valence-electron chi connectivity index (χ2n) is 14.2. The van der Waals surface area contributed by atoms with Crippen LogP contribution in [0.25, 0.3) is 0 Å². The number of thiocarbonyl (C=S) groups is 1. The number of thioether (sulfide) groups is 1. The maximum absolute atomic E-state index is 14.3. The molecule has 0 saturated carbocycles. The van der Waals surface area contributed by atoms with Crippen LogP contribution in [0.1, 0.15) is 76.5 Å². The van der Waals surface area contributed by atoms with E-state index in [2.05, 4.69) is 47.2 Å². The number of nitrogens with two attached hydrogens (primary N) is 1. The van der Waals surface area contributed by atoms with Gasteiger partial charge >= 0.3 is 0 Å². The van der Waals surface area contributed by atoms with Gasteiger partial charge in [-0.15, -0.1) is 0 Å². The number of imidazole rings is 1. The first-order valence-corrected chi connectivity index (χ1v) is 21.6. The lowest BCUT2D eigenvalue weighted by Gasteiger charge is -2.27. The van der Waals surface area contributed by atoms with E-state index in [1.807, 2.05) is 18.4 Å². The van der Waals surface area contributed by atoms with E-state index >= 15 is 0 Å². The summed E-state index contributed by atoms with van der Waals surface area (Å²) in [5, 5.41) is 20.0. The van der Waals surface area contributed by atoms with Crippen LogP contribution < -0.4 is 47.7 Å². The summed E-state index contributed by atoms with van der Waals surface area (Å²) in [4.78, 5) is 88.7. The minimum atomic E-state index is -1.12. The lowest BCUT2D eigenvalue weighted by molar-refractivity contribution is -0.135. The van der Waals surface area contributed by atoms with Crippen LogP contribution in [0.4, 0.5) is 0 Å². The molecule has 0 fully saturated rings. The summed E-state index contributed by atoms with van der Waals surface area (Å²) < 4.78 is 5.82. The van der Waals surface area contributed by atoms with E-state index in [1.165, 1.54) is 19.4 Å². The molecular formula is C39H60N10O7S2. The summed E-state index contributed by atoms with van der Waals surface area (Å²) in [6.07, 6.45) is 8.66. The van der Waals surface area contributed by atoms with Gasteiger partial charge in [-0.05, 0) is 94.5 Å². The Hall–Kier alpha value is -4.75. The highest BCUT2D eigenvalue weighted by molar-refractivity contribution is 7.98. The van der Waals surface area contributed by atoms with Crippen molar-refractivity contribution in [2.24, 2.45) is 5.73 Å². The molecule has 10 N–H and O–H groups in total. The van der Waals surface area contributed by atoms with Crippen LogP contribution in [0.3, 0.4) is 0 Å². The fourth-order valence-corrected chi connectivity index (χ4v) is 6.77. The quantitative estimate of drug-likeness (QED) is 0.0617. The molecule has 0 spiro atoms. The molecule has 2 aromatic rings. The molecule has 0 radical (unpaired) electrons. The molecule has 0 unspecified atom stereocenters. The predicted octanol–water partition coefficient (Wildman–Crippen LogP) is 0.527. The van der Waals surface area contributed by atoms with Crippen LogP contribution in [0.2, 0.25) is 0 Å². The molecule has 5 atom stereocenters. The Morgan fingerprint density at radius 2 is 1.64 bits per heavy atom. The second-order valence-corrected chi connectivity index (χ2v) is 15.8. The van der Waals surface area contributed by atoms with Gasteiger partial charge in [0.15, 0.2) is 0 Å². The van der Waals surface area contributed by atoms with Crippen LogP contribution in [0, 0.1) is 0 Å². The normalized spacial score (nSPS) is 17.4. The number of amides is 6. The van der Waals surface area contributed by atoms with Crippen LogP contribution in [0.15, 0.2) is 36.8 Å². The Labute approximate surface area is 350 Å². The monoisotopic (exact) mass is 844 g/mol. The zero-order valence-electron chi connectivity index (χ0n) is 33.7. The number of hydrogen-bond acceptors (Lipinski definition) is 11. The van der Waals surface area contributed by atoms with Crippen molar-refractivity contribution >= 4 is 64.4 Å². The minimum Gasteiger partial charge on any atom is -0.494 e. The molecule has 17 nitrogen and oxygen atoms in total. The van der Waals surface area contributed by atoms with Crippen molar-refractivity contribution in [3.63, 3.8) is 0 Å². The number of fused-ring (bicyclic) bond motifs is 12. The highest BCUT2D eigenvalue weighted by Crippen LogP contribution is 2.15. The van der Waals surface area contributed by atoms with Gasteiger partial charge in [-0.2, -0.15) is 11.8 Å². The predicted molar refractivity (Wildman–Crippen MR) is 227 cm³/mol. The molecule has 3 heterocycles. The molecule has 19 heteroatoms. The fraction of sp³-hybridized carbons (Fsp3) is 0.590. The van der Waals surface area contributed by atoms with E-state index in [1.54, 1.807) is 30.8 Å². The average molecular weight is 845 g/mol. The van der Waals surface area contributed by atoms with Gasteiger partial charge in [-0.3, -0.25) is 28.8 Å². The number of carbonyl (C=O) groups is 6. The molecule has 58 heavy (non-hydrogen) atoms. The fourth-order valence-electron chi connectivity index (χ4n) is 6.20. The van der Waals surface area contributed by atoms with Gasteiger partial charge in [-0.25, -0.2) is 4.98 Å². The lowest BCUT2D eigenvalue weighted by atomic mass is 10.0. The molecule has 2 bridgehead atoms. The summed E-state index contributed by atoms with van der Waals surface area (Å²) in [5.74, 6) is -1.89. The molecule has 2 aliphatic rings. The molecule has 0 saturated heterocycles. The van der Waals surface area contributed by atoms with E-state index in [9.17, 15) is 28.8 Å². The number of hydrogen-bond donors (Lipinski definition) is 9. The summed E-state index contributed by atoms with van der Waals surface area (Å²) in [6.45, 7) is 4.74. The van der Waals surface area contributed by atoms with E-state index < -0.39 is 59.7 Å². The highest BCUT2D eigenvalue weighted by atomic mass is 32.2. The van der Waals surface area contributed by atoms with Gasteiger partial charge in [0, 0.05) is 44.7 Å². The zero-order chi connectivity index (χ0) is 42.3. The molecule has 6 amide bonds. The number of rotatable bonds is 21. The number of unbranched alkanes of at least 4 members (excludes halogenated alkanes) is 2. The third-order valence-corrected chi connectivity index (χ3v) is 10.1. The molecule has 1 aromatic heterocycles. The molecule has 320 valence electrons. The van der Waals surface area contributed by atoms with Crippen molar-refractivity contribution in [2.45, 2.75) is 108 Å². The lowest BCUT2D eigenvalue weighted by Crippen LogP contribution is -2.59. The summed E-state index contributed by atoms with van der Waals surface area (Å²) in [7, 11) is 0. The Morgan fingerprint density at radius 3 is 2.28 bits per heavy atom. The van der Waals surface area contributed by atoms with Crippen LogP contribution in [-0.2, 0) is 41.6 Å². The van der Waals surface area contributed by atoms with Crippen molar-refractivity contribution in [3.8, 4) is 5.75 Å². The van der Waals surface area contributed by atoms with Crippen molar-refractivity contribution < 1.29 is 33.5 Å². The first-order valence-electron chi connectivity index (χ1n) is 19.8. The van der Waals surface area contributed by atoms with Gasteiger partial charge in [0.1, 0.15) is 36.0 Å². The molecule has 0 aliphatic carbocycles. The summed E-state index contributed by atoms with van der Waals surface area (Å²) in [5.41, 5.74) is 7.09. The van der Waals surface area contributed by atoms with E-state index in [0.29, 0.717) is 87.0 Å². The molecule has 4 rings (SSSR count). The van der Waals surface area contributed by atoms with Crippen molar-refractivity contribution in [2.75, 3.05) is 38.2 Å². The maximum Gasteiger partial charge on any atom is 0.243 e. The number of aromatic amines is 1. The number of aromatic nitrogens is 2. The number of benzene rings is 1. The number of ether oxygens (including phenoxy) is 1.